The Labute approximate surface area is 104 Å². The molecule has 0 bridgehead atoms. The summed E-state index contributed by atoms with van der Waals surface area (Å²) in [4.78, 5) is 15.5. The summed E-state index contributed by atoms with van der Waals surface area (Å²) in [5, 5.41) is 0.987. The quantitative estimate of drug-likeness (QED) is 0.694. The number of ketones is 1. The number of benzene rings is 1. The first-order valence-electron chi connectivity index (χ1n) is 5.83. The molecule has 3 aromatic rings. The molecule has 2 heterocycles. The van der Waals surface area contributed by atoms with Gasteiger partial charge in [0, 0.05) is 22.7 Å². The molecule has 0 radical (unpaired) electrons. The number of fused-ring (bicyclic) bond motifs is 1. The topological polar surface area (TPSA) is 46.0 Å². The van der Waals surface area contributed by atoms with Crippen LogP contribution in [0.4, 0.5) is 0 Å². The van der Waals surface area contributed by atoms with E-state index in [1.807, 2.05) is 32.0 Å². The molecule has 18 heavy (non-hydrogen) atoms. The molecule has 1 aromatic carbocycles. The second-order valence-electron chi connectivity index (χ2n) is 4.47. The van der Waals surface area contributed by atoms with Gasteiger partial charge < -0.3 is 9.40 Å². The molecule has 90 valence electrons. The molecule has 0 saturated heterocycles. The van der Waals surface area contributed by atoms with Gasteiger partial charge in [0.2, 0.25) is 0 Å². The van der Waals surface area contributed by atoms with Gasteiger partial charge in [-0.2, -0.15) is 0 Å². The monoisotopic (exact) mass is 239 g/mol. The minimum Gasteiger partial charge on any atom is -0.469 e. The number of hydrogen-bond acceptors (Lipinski definition) is 2. The van der Waals surface area contributed by atoms with Crippen molar-refractivity contribution in [1.82, 2.24) is 4.98 Å². The van der Waals surface area contributed by atoms with Crippen molar-refractivity contribution in [1.29, 1.82) is 0 Å². The maximum atomic E-state index is 12.4. The molecule has 0 aliphatic heterocycles. The van der Waals surface area contributed by atoms with Gasteiger partial charge >= 0.3 is 0 Å². The van der Waals surface area contributed by atoms with Crippen molar-refractivity contribution in [3.63, 3.8) is 0 Å². The first-order chi connectivity index (χ1) is 8.66. The minimum absolute atomic E-state index is 0.00704. The third kappa shape index (κ3) is 1.56. The normalized spacial score (nSPS) is 11.0. The van der Waals surface area contributed by atoms with E-state index in [1.54, 1.807) is 12.3 Å². The Bertz CT molecular complexity index is 734. The summed E-state index contributed by atoms with van der Waals surface area (Å²) in [7, 11) is 0. The van der Waals surface area contributed by atoms with E-state index >= 15 is 0 Å². The van der Waals surface area contributed by atoms with Gasteiger partial charge in [0.15, 0.2) is 5.78 Å². The second-order valence-corrected chi connectivity index (χ2v) is 4.47. The van der Waals surface area contributed by atoms with E-state index in [4.69, 9.17) is 4.42 Å². The molecular formula is C15H13NO2. The first-order valence-corrected chi connectivity index (χ1v) is 5.83. The highest BCUT2D eigenvalue weighted by molar-refractivity contribution is 6.16. The van der Waals surface area contributed by atoms with Gasteiger partial charge in [-0.15, -0.1) is 0 Å². The summed E-state index contributed by atoms with van der Waals surface area (Å²) >= 11 is 0. The Balaban J connectivity index is 2.18. The maximum absolute atomic E-state index is 12.4. The summed E-state index contributed by atoms with van der Waals surface area (Å²) in [5.74, 6) is 0.738. The van der Waals surface area contributed by atoms with Gasteiger partial charge in [0.05, 0.1) is 5.56 Å². The van der Waals surface area contributed by atoms with E-state index in [0.29, 0.717) is 11.1 Å². The average Bonchev–Trinajstić information content (AvgIpc) is 2.95. The fourth-order valence-corrected chi connectivity index (χ4v) is 2.26. The molecular weight excluding hydrogens is 226 g/mol. The van der Waals surface area contributed by atoms with Crippen molar-refractivity contribution in [3.05, 3.63) is 59.2 Å². The van der Waals surface area contributed by atoms with Crippen LogP contribution < -0.4 is 0 Å². The Kier molecular flexibility index (Phi) is 2.33. The lowest BCUT2D eigenvalue weighted by atomic mass is 10.0. The van der Waals surface area contributed by atoms with Crippen LogP contribution >= 0.6 is 0 Å². The SMILES string of the molecule is Cc1cc(C(=O)c2c[nH]c3cccc(C)c23)co1. The largest absolute Gasteiger partial charge is 0.469 e. The van der Waals surface area contributed by atoms with E-state index in [-0.39, 0.29) is 5.78 Å². The molecule has 3 heteroatoms. The lowest BCUT2D eigenvalue weighted by Gasteiger charge is -1.99. The molecule has 0 unspecified atom stereocenters. The van der Waals surface area contributed by atoms with Crippen LogP contribution in [-0.4, -0.2) is 10.8 Å². The first kappa shape index (κ1) is 10.8. The Hall–Kier alpha value is -2.29. The molecule has 0 aliphatic rings. The third-order valence-corrected chi connectivity index (χ3v) is 3.15. The molecule has 0 saturated carbocycles. The lowest BCUT2D eigenvalue weighted by molar-refractivity contribution is 0.103. The van der Waals surface area contributed by atoms with Crippen LogP contribution in [0.3, 0.4) is 0 Å². The van der Waals surface area contributed by atoms with Crippen LogP contribution in [0.2, 0.25) is 0 Å². The fourth-order valence-electron chi connectivity index (χ4n) is 2.26. The minimum atomic E-state index is -0.00704. The third-order valence-electron chi connectivity index (χ3n) is 3.15. The number of aromatic amines is 1. The zero-order valence-electron chi connectivity index (χ0n) is 10.3. The number of hydrogen-bond donors (Lipinski definition) is 1. The summed E-state index contributed by atoms with van der Waals surface area (Å²) in [5.41, 5.74) is 3.37. The number of nitrogens with one attached hydrogen (secondary N) is 1. The van der Waals surface area contributed by atoms with E-state index in [0.717, 1.165) is 22.2 Å². The fraction of sp³-hybridized carbons (Fsp3) is 0.133. The molecule has 3 nitrogen and oxygen atoms in total. The van der Waals surface area contributed by atoms with Crippen LogP contribution in [0.1, 0.15) is 27.2 Å². The number of H-pyrrole nitrogens is 1. The second kappa shape index (κ2) is 3.88. The van der Waals surface area contributed by atoms with E-state index < -0.39 is 0 Å². The zero-order chi connectivity index (χ0) is 12.7. The molecule has 1 N–H and O–H groups in total. The van der Waals surface area contributed by atoms with Crippen LogP contribution in [0.15, 0.2) is 41.1 Å². The van der Waals surface area contributed by atoms with Gasteiger partial charge in [0.1, 0.15) is 12.0 Å². The van der Waals surface area contributed by atoms with Crippen molar-refractivity contribution in [2.24, 2.45) is 0 Å². The standard InChI is InChI=1S/C15H13NO2/c1-9-4-3-5-13-14(9)12(7-16-13)15(17)11-6-10(2)18-8-11/h3-8,16H,1-2H3. The van der Waals surface area contributed by atoms with Crippen LogP contribution in [-0.2, 0) is 0 Å². The van der Waals surface area contributed by atoms with Crippen LogP contribution in [0.5, 0.6) is 0 Å². The predicted molar refractivity (Wildman–Crippen MR) is 69.9 cm³/mol. The summed E-state index contributed by atoms with van der Waals surface area (Å²) < 4.78 is 5.19. The highest BCUT2D eigenvalue weighted by Crippen LogP contribution is 2.24. The number of furan rings is 1. The Morgan fingerprint density at radius 1 is 1.28 bits per heavy atom. The van der Waals surface area contributed by atoms with Crippen molar-refractivity contribution >= 4 is 16.7 Å². The number of carbonyl (C=O) groups excluding carboxylic acids is 1. The predicted octanol–water partition coefficient (Wildman–Crippen LogP) is 3.61. The van der Waals surface area contributed by atoms with Crippen molar-refractivity contribution in [2.75, 3.05) is 0 Å². The van der Waals surface area contributed by atoms with Gasteiger partial charge in [-0.05, 0) is 31.5 Å². The molecule has 0 amide bonds. The smallest absolute Gasteiger partial charge is 0.198 e. The highest BCUT2D eigenvalue weighted by Gasteiger charge is 2.16. The summed E-state index contributed by atoms with van der Waals surface area (Å²) in [6.07, 6.45) is 3.27. The highest BCUT2D eigenvalue weighted by atomic mass is 16.3. The average molecular weight is 239 g/mol. The molecule has 0 aliphatic carbocycles. The number of rotatable bonds is 2. The van der Waals surface area contributed by atoms with Crippen molar-refractivity contribution in [2.45, 2.75) is 13.8 Å². The Morgan fingerprint density at radius 2 is 2.11 bits per heavy atom. The number of aromatic nitrogens is 1. The number of aryl methyl sites for hydroxylation is 2. The van der Waals surface area contributed by atoms with Crippen molar-refractivity contribution in [3.8, 4) is 0 Å². The molecule has 0 spiro atoms. The van der Waals surface area contributed by atoms with Gasteiger partial charge in [-0.1, -0.05) is 12.1 Å². The Morgan fingerprint density at radius 3 is 2.83 bits per heavy atom. The van der Waals surface area contributed by atoms with Crippen LogP contribution in [0, 0.1) is 13.8 Å². The van der Waals surface area contributed by atoms with E-state index in [2.05, 4.69) is 4.98 Å². The van der Waals surface area contributed by atoms with Gasteiger partial charge in [0.25, 0.3) is 0 Å². The van der Waals surface area contributed by atoms with Gasteiger partial charge in [-0.25, -0.2) is 0 Å². The molecule has 0 atom stereocenters. The van der Waals surface area contributed by atoms with Crippen molar-refractivity contribution < 1.29 is 9.21 Å². The lowest BCUT2D eigenvalue weighted by Crippen LogP contribution is -1.98. The summed E-state index contributed by atoms with van der Waals surface area (Å²) in [6, 6.07) is 7.72. The summed E-state index contributed by atoms with van der Waals surface area (Å²) in [6.45, 7) is 3.84. The van der Waals surface area contributed by atoms with Crippen LogP contribution in [0.25, 0.3) is 10.9 Å². The van der Waals surface area contributed by atoms with Gasteiger partial charge in [-0.3, -0.25) is 4.79 Å². The molecule has 3 rings (SSSR count). The zero-order valence-corrected chi connectivity index (χ0v) is 10.3. The van der Waals surface area contributed by atoms with E-state index in [1.165, 1.54) is 6.26 Å². The molecule has 2 aromatic heterocycles. The molecule has 0 fully saturated rings. The maximum Gasteiger partial charge on any atom is 0.198 e. The van der Waals surface area contributed by atoms with E-state index in [9.17, 15) is 4.79 Å². The number of carbonyl (C=O) groups is 1.